The molecular formula is C22H14Cl2N2O2. The van der Waals surface area contributed by atoms with E-state index in [2.05, 4.69) is 4.98 Å². The van der Waals surface area contributed by atoms with E-state index in [1.54, 1.807) is 0 Å². The number of halogens is 2. The van der Waals surface area contributed by atoms with Crippen molar-refractivity contribution in [1.29, 1.82) is 0 Å². The third-order valence-electron chi connectivity index (χ3n) is 4.52. The van der Waals surface area contributed by atoms with E-state index >= 15 is 0 Å². The van der Waals surface area contributed by atoms with E-state index in [1.165, 1.54) is 12.1 Å². The minimum atomic E-state index is -1.16. The zero-order valence-electron chi connectivity index (χ0n) is 14.5. The van der Waals surface area contributed by atoms with Gasteiger partial charge >= 0.3 is 5.97 Å². The van der Waals surface area contributed by atoms with E-state index in [9.17, 15) is 9.90 Å². The molecule has 0 aliphatic heterocycles. The van der Waals surface area contributed by atoms with E-state index in [4.69, 9.17) is 28.9 Å². The Morgan fingerprint density at radius 3 is 2.14 bits per heavy atom. The molecule has 0 spiro atoms. The van der Waals surface area contributed by atoms with Crippen molar-refractivity contribution in [3.63, 3.8) is 0 Å². The second-order valence-corrected chi connectivity index (χ2v) is 7.13. The van der Waals surface area contributed by atoms with E-state index < -0.39 is 5.97 Å². The average Bonchev–Trinajstić information content (AvgIpc) is 2.68. The van der Waals surface area contributed by atoms with Crippen molar-refractivity contribution < 1.29 is 9.90 Å². The van der Waals surface area contributed by atoms with Gasteiger partial charge in [0.2, 0.25) is 0 Å². The monoisotopic (exact) mass is 408 g/mol. The molecule has 0 unspecified atom stereocenters. The fourth-order valence-electron chi connectivity index (χ4n) is 3.21. The summed E-state index contributed by atoms with van der Waals surface area (Å²) in [7, 11) is 0. The maximum atomic E-state index is 11.9. The summed E-state index contributed by atoms with van der Waals surface area (Å²) in [6.07, 6.45) is 0. The molecule has 138 valence electrons. The Kier molecular flexibility index (Phi) is 4.67. The number of anilines is 1. The first-order valence-electron chi connectivity index (χ1n) is 8.43. The lowest BCUT2D eigenvalue weighted by Gasteiger charge is -2.13. The number of fused-ring (bicyclic) bond motifs is 1. The van der Waals surface area contributed by atoms with Gasteiger partial charge in [0.1, 0.15) is 0 Å². The summed E-state index contributed by atoms with van der Waals surface area (Å²) in [5, 5.41) is 10.6. The smallest absolute Gasteiger partial charge is 0.338 e. The van der Waals surface area contributed by atoms with Crippen LogP contribution >= 0.6 is 23.2 Å². The standard InChI is InChI=1S/C22H14Cl2N2O2/c23-15-10-16-18(22(27)28)19(25)20(26-21(16)17(24)11-15)14-8-6-13(7-9-14)12-4-2-1-3-5-12/h1-11H,25H2,(H,27,28). The number of aromatic carboxylic acids is 1. The lowest BCUT2D eigenvalue weighted by molar-refractivity contribution is 0.0700. The Morgan fingerprint density at radius 1 is 0.893 bits per heavy atom. The molecule has 4 rings (SSSR count). The van der Waals surface area contributed by atoms with Crippen molar-refractivity contribution in [2.75, 3.05) is 5.73 Å². The topological polar surface area (TPSA) is 76.2 Å². The van der Waals surface area contributed by atoms with Gasteiger partial charge in [0.25, 0.3) is 0 Å². The summed E-state index contributed by atoms with van der Waals surface area (Å²) >= 11 is 12.3. The van der Waals surface area contributed by atoms with Crippen molar-refractivity contribution in [2.45, 2.75) is 0 Å². The van der Waals surface area contributed by atoms with Gasteiger partial charge in [-0.25, -0.2) is 9.78 Å². The van der Waals surface area contributed by atoms with Crippen molar-refractivity contribution in [3.05, 3.63) is 82.3 Å². The third kappa shape index (κ3) is 3.17. The first-order chi connectivity index (χ1) is 13.5. The highest BCUT2D eigenvalue weighted by Gasteiger charge is 2.21. The molecule has 3 aromatic carbocycles. The normalized spacial score (nSPS) is 10.9. The summed E-state index contributed by atoms with van der Waals surface area (Å²) in [6, 6.07) is 20.6. The maximum absolute atomic E-state index is 11.9. The number of carbonyl (C=O) groups is 1. The van der Waals surface area contributed by atoms with Crippen LogP contribution in [0.4, 0.5) is 5.69 Å². The van der Waals surface area contributed by atoms with Crippen LogP contribution in [0.25, 0.3) is 33.3 Å². The Bertz CT molecular complexity index is 1210. The molecule has 4 aromatic rings. The quantitative estimate of drug-likeness (QED) is 0.425. The molecule has 0 atom stereocenters. The highest BCUT2D eigenvalue weighted by Crippen LogP contribution is 2.37. The van der Waals surface area contributed by atoms with Crippen LogP contribution in [0.3, 0.4) is 0 Å². The highest BCUT2D eigenvalue weighted by molar-refractivity contribution is 6.39. The van der Waals surface area contributed by atoms with Crippen molar-refractivity contribution in [3.8, 4) is 22.4 Å². The van der Waals surface area contributed by atoms with Gasteiger partial charge in [-0.05, 0) is 23.3 Å². The second kappa shape index (κ2) is 7.15. The molecule has 0 saturated carbocycles. The van der Waals surface area contributed by atoms with Gasteiger partial charge in [-0.1, -0.05) is 77.8 Å². The molecule has 1 aromatic heterocycles. The number of aromatic nitrogens is 1. The number of nitrogen functional groups attached to an aromatic ring is 1. The first kappa shape index (κ1) is 18.3. The van der Waals surface area contributed by atoms with E-state index in [1.807, 2.05) is 54.6 Å². The zero-order chi connectivity index (χ0) is 19.8. The third-order valence-corrected chi connectivity index (χ3v) is 5.03. The number of benzene rings is 3. The van der Waals surface area contributed by atoms with Crippen LogP contribution in [0.5, 0.6) is 0 Å². The highest BCUT2D eigenvalue weighted by atomic mass is 35.5. The molecule has 0 saturated heterocycles. The maximum Gasteiger partial charge on any atom is 0.338 e. The van der Waals surface area contributed by atoms with Gasteiger partial charge in [-0.3, -0.25) is 0 Å². The average molecular weight is 409 g/mol. The molecule has 28 heavy (non-hydrogen) atoms. The van der Waals surface area contributed by atoms with Crippen molar-refractivity contribution >= 4 is 45.8 Å². The fraction of sp³-hybridized carbons (Fsp3) is 0. The SMILES string of the molecule is Nc1c(-c2ccc(-c3ccccc3)cc2)nc2c(Cl)cc(Cl)cc2c1C(=O)O. The Hall–Kier alpha value is -3.08. The van der Waals surface area contributed by atoms with E-state index in [0.29, 0.717) is 27.2 Å². The summed E-state index contributed by atoms with van der Waals surface area (Å²) in [5.41, 5.74) is 9.75. The molecule has 0 aliphatic carbocycles. The minimum Gasteiger partial charge on any atom is -0.478 e. The van der Waals surface area contributed by atoms with Crippen LogP contribution in [0.15, 0.2) is 66.7 Å². The molecule has 1 heterocycles. The Balaban J connectivity index is 1.92. The molecule has 0 fully saturated rings. The fourth-order valence-corrected chi connectivity index (χ4v) is 3.74. The number of pyridine rings is 1. The van der Waals surface area contributed by atoms with Gasteiger partial charge < -0.3 is 10.8 Å². The summed E-state index contributed by atoms with van der Waals surface area (Å²) in [4.78, 5) is 16.4. The van der Waals surface area contributed by atoms with Gasteiger partial charge in [-0.15, -0.1) is 0 Å². The molecule has 0 aliphatic rings. The summed E-state index contributed by atoms with van der Waals surface area (Å²) in [5.74, 6) is -1.16. The van der Waals surface area contributed by atoms with Gasteiger partial charge in [0.15, 0.2) is 0 Å². The summed E-state index contributed by atoms with van der Waals surface area (Å²) < 4.78 is 0. The Labute approximate surface area is 171 Å². The number of hydrogen-bond donors (Lipinski definition) is 2. The van der Waals surface area contributed by atoms with E-state index in [-0.39, 0.29) is 16.3 Å². The molecular weight excluding hydrogens is 395 g/mol. The van der Waals surface area contributed by atoms with Crippen molar-refractivity contribution in [1.82, 2.24) is 4.98 Å². The Morgan fingerprint density at radius 2 is 1.50 bits per heavy atom. The number of carboxylic acids is 1. The van der Waals surface area contributed by atoms with Gasteiger partial charge in [-0.2, -0.15) is 0 Å². The number of nitrogens with zero attached hydrogens (tertiary/aromatic N) is 1. The van der Waals surface area contributed by atoms with Crippen LogP contribution in [0, 0.1) is 0 Å². The first-order valence-corrected chi connectivity index (χ1v) is 9.18. The van der Waals surface area contributed by atoms with Crippen LogP contribution in [0.2, 0.25) is 10.0 Å². The summed E-state index contributed by atoms with van der Waals surface area (Å²) in [6.45, 7) is 0. The molecule has 0 amide bonds. The molecule has 4 nitrogen and oxygen atoms in total. The second-order valence-electron chi connectivity index (χ2n) is 6.28. The number of hydrogen-bond acceptors (Lipinski definition) is 3. The molecule has 6 heteroatoms. The molecule has 0 bridgehead atoms. The van der Waals surface area contributed by atoms with Gasteiger partial charge in [0.05, 0.1) is 27.5 Å². The largest absolute Gasteiger partial charge is 0.478 e. The molecule has 0 radical (unpaired) electrons. The lowest BCUT2D eigenvalue weighted by atomic mass is 9.99. The van der Waals surface area contributed by atoms with Crippen LogP contribution in [-0.4, -0.2) is 16.1 Å². The van der Waals surface area contributed by atoms with Crippen LogP contribution < -0.4 is 5.73 Å². The van der Waals surface area contributed by atoms with E-state index in [0.717, 1.165) is 11.1 Å². The number of rotatable bonds is 3. The molecule has 3 N–H and O–H groups in total. The van der Waals surface area contributed by atoms with Crippen molar-refractivity contribution in [2.24, 2.45) is 0 Å². The van der Waals surface area contributed by atoms with Gasteiger partial charge in [0, 0.05) is 16.0 Å². The predicted octanol–water partition coefficient (Wildman–Crippen LogP) is 6.16. The number of carboxylic acid groups (broad SMARTS) is 1. The van der Waals surface area contributed by atoms with Crippen LogP contribution in [-0.2, 0) is 0 Å². The minimum absolute atomic E-state index is 0.0588. The lowest BCUT2D eigenvalue weighted by Crippen LogP contribution is -2.07. The predicted molar refractivity (Wildman–Crippen MR) is 114 cm³/mol. The van der Waals surface area contributed by atoms with Crippen LogP contribution in [0.1, 0.15) is 10.4 Å². The zero-order valence-corrected chi connectivity index (χ0v) is 16.0. The number of nitrogens with two attached hydrogens (primary N) is 1.